The topological polar surface area (TPSA) is 38.9 Å². The van der Waals surface area contributed by atoms with Gasteiger partial charge >= 0.3 is 0 Å². The molecule has 0 aliphatic rings. The lowest BCUT2D eigenvalue weighted by Crippen LogP contribution is -1.81. The van der Waals surface area contributed by atoms with Gasteiger partial charge in [-0.3, -0.25) is 0 Å². The number of hydrogen-bond acceptors (Lipinski definition) is 3. The summed E-state index contributed by atoms with van der Waals surface area (Å²) in [6, 6.07) is 1.41. The summed E-state index contributed by atoms with van der Waals surface area (Å²) in [5, 5.41) is 0.290. The van der Waals surface area contributed by atoms with Crippen molar-refractivity contribution in [3.05, 3.63) is 21.9 Å². The zero-order valence-corrected chi connectivity index (χ0v) is 8.47. The van der Waals surface area contributed by atoms with E-state index in [2.05, 4.69) is 4.98 Å². The summed E-state index contributed by atoms with van der Waals surface area (Å²) in [4.78, 5) is 3.94. The first-order chi connectivity index (χ1) is 6.09. The number of anilines is 1. The molecular weight excluding hydrogens is 234 g/mol. The number of thiazole rings is 1. The number of nitrogen functional groups attached to an aromatic ring is 1. The standard InChI is InChI=1S/C7H3Cl2FN2S/c8-2-1-3-6(4(9)5(2)10)13-7(11)12-3/h1H,(H2,11,12). The second-order valence-corrected chi connectivity index (χ2v) is 4.20. The molecule has 0 amide bonds. The zero-order chi connectivity index (χ0) is 9.59. The predicted octanol–water partition coefficient (Wildman–Crippen LogP) is 3.32. The Morgan fingerprint density at radius 1 is 1.46 bits per heavy atom. The molecule has 0 aliphatic carbocycles. The van der Waals surface area contributed by atoms with E-state index >= 15 is 0 Å². The number of rotatable bonds is 0. The third-order valence-corrected chi connectivity index (χ3v) is 3.19. The number of halogens is 3. The van der Waals surface area contributed by atoms with Gasteiger partial charge in [-0.2, -0.15) is 0 Å². The molecule has 0 spiro atoms. The van der Waals surface area contributed by atoms with Crippen LogP contribution < -0.4 is 5.73 Å². The van der Waals surface area contributed by atoms with Gasteiger partial charge < -0.3 is 5.73 Å². The van der Waals surface area contributed by atoms with Crippen LogP contribution in [0.5, 0.6) is 0 Å². The first-order valence-corrected chi connectivity index (χ1v) is 4.86. The Morgan fingerprint density at radius 2 is 2.15 bits per heavy atom. The Labute approximate surface area is 87.1 Å². The average molecular weight is 237 g/mol. The van der Waals surface area contributed by atoms with Gasteiger partial charge in [-0.25, -0.2) is 9.37 Å². The van der Waals surface area contributed by atoms with Crippen molar-refractivity contribution in [3.63, 3.8) is 0 Å². The Morgan fingerprint density at radius 3 is 2.85 bits per heavy atom. The summed E-state index contributed by atoms with van der Waals surface area (Å²) in [6.07, 6.45) is 0. The van der Waals surface area contributed by atoms with Gasteiger partial charge in [0.05, 0.1) is 20.3 Å². The van der Waals surface area contributed by atoms with Gasteiger partial charge in [-0.05, 0) is 6.07 Å². The van der Waals surface area contributed by atoms with Crippen LogP contribution in [0.2, 0.25) is 10.0 Å². The van der Waals surface area contributed by atoms with Crippen molar-refractivity contribution in [3.8, 4) is 0 Å². The summed E-state index contributed by atoms with van der Waals surface area (Å²) in [5.41, 5.74) is 5.97. The molecule has 2 aromatic rings. The third kappa shape index (κ3) is 1.35. The van der Waals surface area contributed by atoms with E-state index in [1.807, 2.05) is 0 Å². The lowest BCUT2D eigenvalue weighted by atomic mass is 10.3. The molecule has 2 rings (SSSR count). The minimum atomic E-state index is -0.625. The molecule has 1 aromatic carbocycles. The summed E-state index contributed by atoms with van der Waals surface area (Å²) < 4.78 is 13.7. The molecule has 0 atom stereocenters. The van der Waals surface area contributed by atoms with Gasteiger partial charge in [-0.1, -0.05) is 34.5 Å². The van der Waals surface area contributed by atoms with E-state index in [0.717, 1.165) is 11.3 Å². The highest BCUT2D eigenvalue weighted by molar-refractivity contribution is 7.22. The van der Waals surface area contributed by atoms with E-state index in [1.165, 1.54) is 6.07 Å². The highest BCUT2D eigenvalue weighted by Crippen LogP contribution is 2.35. The Balaban J connectivity index is 2.92. The Kier molecular flexibility index (Phi) is 2.06. The van der Waals surface area contributed by atoms with Crippen LogP contribution in [0.15, 0.2) is 6.07 Å². The smallest absolute Gasteiger partial charge is 0.181 e. The maximum Gasteiger partial charge on any atom is 0.181 e. The largest absolute Gasteiger partial charge is 0.375 e. The van der Waals surface area contributed by atoms with Crippen LogP contribution in [0.25, 0.3) is 10.2 Å². The minimum absolute atomic E-state index is 0.0169. The van der Waals surface area contributed by atoms with Crippen molar-refractivity contribution < 1.29 is 4.39 Å². The van der Waals surface area contributed by atoms with Crippen molar-refractivity contribution in [2.45, 2.75) is 0 Å². The minimum Gasteiger partial charge on any atom is -0.375 e. The van der Waals surface area contributed by atoms with Gasteiger partial charge in [0.2, 0.25) is 0 Å². The molecule has 0 saturated heterocycles. The number of nitrogens with zero attached hydrogens (tertiary/aromatic N) is 1. The van der Waals surface area contributed by atoms with Crippen molar-refractivity contribution in [1.29, 1.82) is 0 Å². The van der Waals surface area contributed by atoms with Crippen LogP contribution in [-0.2, 0) is 0 Å². The summed E-state index contributed by atoms with van der Waals surface area (Å²) in [5.74, 6) is -0.625. The van der Waals surface area contributed by atoms with Crippen molar-refractivity contribution in [2.24, 2.45) is 0 Å². The van der Waals surface area contributed by atoms with Crippen LogP contribution in [0, 0.1) is 5.82 Å². The van der Waals surface area contributed by atoms with E-state index in [-0.39, 0.29) is 10.0 Å². The molecule has 13 heavy (non-hydrogen) atoms. The van der Waals surface area contributed by atoms with Gasteiger partial charge in [0.25, 0.3) is 0 Å². The van der Waals surface area contributed by atoms with E-state index in [9.17, 15) is 4.39 Å². The molecule has 0 radical (unpaired) electrons. The molecule has 2 nitrogen and oxygen atoms in total. The lowest BCUT2D eigenvalue weighted by Gasteiger charge is -1.96. The summed E-state index contributed by atoms with van der Waals surface area (Å²) in [7, 11) is 0. The third-order valence-electron chi connectivity index (χ3n) is 1.54. The molecule has 6 heteroatoms. The van der Waals surface area contributed by atoms with Crippen LogP contribution in [0.4, 0.5) is 9.52 Å². The number of aromatic nitrogens is 1. The first-order valence-electron chi connectivity index (χ1n) is 3.29. The molecular formula is C7H3Cl2FN2S. The maximum atomic E-state index is 13.1. The van der Waals surface area contributed by atoms with Crippen LogP contribution >= 0.6 is 34.5 Å². The molecule has 0 saturated carbocycles. The fourth-order valence-electron chi connectivity index (χ4n) is 0.992. The van der Waals surface area contributed by atoms with E-state index in [0.29, 0.717) is 15.3 Å². The van der Waals surface area contributed by atoms with E-state index in [4.69, 9.17) is 28.9 Å². The first kappa shape index (κ1) is 8.99. The quantitative estimate of drug-likeness (QED) is 0.713. The molecule has 1 aromatic heterocycles. The van der Waals surface area contributed by atoms with Gasteiger partial charge in [0, 0.05) is 0 Å². The van der Waals surface area contributed by atoms with Gasteiger partial charge in [0.15, 0.2) is 10.9 Å². The van der Waals surface area contributed by atoms with Gasteiger partial charge in [0.1, 0.15) is 0 Å². The molecule has 0 bridgehead atoms. The Bertz CT molecular complexity index is 483. The highest BCUT2D eigenvalue weighted by Gasteiger charge is 2.13. The maximum absolute atomic E-state index is 13.1. The normalized spacial score (nSPS) is 11.0. The van der Waals surface area contributed by atoms with Crippen molar-refractivity contribution in [2.75, 3.05) is 5.73 Å². The molecule has 0 unspecified atom stereocenters. The zero-order valence-electron chi connectivity index (χ0n) is 6.14. The van der Waals surface area contributed by atoms with Crippen LogP contribution in [-0.4, -0.2) is 4.98 Å². The fourth-order valence-corrected chi connectivity index (χ4v) is 2.29. The van der Waals surface area contributed by atoms with E-state index in [1.54, 1.807) is 0 Å². The Hall–Kier alpha value is -0.580. The molecule has 68 valence electrons. The average Bonchev–Trinajstić information content (AvgIpc) is 2.42. The van der Waals surface area contributed by atoms with Crippen molar-refractivity contribution in [1.82, 2.24) is 4.98 Å². The molecule has 0 aliphatic heterocycles. The molecule has 2 N–H and O–H groups in total. The lowest BCUT2D eigenvalue weighted by molar-refractivity contribution is 0.630. The monoisotopic (exact) mass is 236 g/mol. The highest BCUT2D eigenvalue weighted by atomic mass is 35.5. The number of nitrogens with two attached hydrogens (primary N) is 1. The van der Waals surface area contributed by atoms with Crippen LogP contribution in [0.3, 0.4) is 0 Å². The molecule has 0 fully saturated rings. The number of hydrogen-bond donors (Lipinski definition) is 1. The van der Waals surface area contributed by atoms with Crippen molar-refractivity contribution >= 4 is 49.9 Å². The number of fused-ring (bicyclic) bond motifs is 1. The predicted molar refractivity (Wildman–Crippen MR) is 54.0 cm³/mol. The molecule has 1 heterocycles. The van der Waals surface area contributed by atoms with E-state index < -0.39 is 5.82 Å². The number of benzene rings is 1. The SMILES string of the molecule is Nc1nc2cc(Cl)c(F)c(Cl)c2s1. The second kappa shape index (κ2) is 2.97. The van der Waals surface area contributed by atoms with Crippen LogP contribution in [0.1, 0.15) is 0 Å². The summed E-state index contributed by atoms with van der Waals surface area (Å²) >= 11 is 12.4. The van der Waals surface area contributed by atoms with Gasteiger partial charge in [-0.15, -0.1) is 0 Å². The summed E-state index contributed by atoms with van der Waals surface area (Å²) in [6.45, 7) is 0. The second-order valence-electron chi connectivity index (χ2n) is 2.39. The fraction of sp³-hybridized carbons (Fsp3) is 0.